The van der Waals surface area contributed by atoms with Crippen LogP contribution in [0.25, 0.3) is 5.69 Å². The van der Waals surface area contributed by atoms with Gasteiger partial charge in [0.15, 0.2) is 17.5 Å². The Kier molecular flexibility index (Phi) is 9.32. The molecule has 38 heavy (non-hydrogen) atoms. The number of rotatable bonds is 7. The van der Waals surface area contributed by atoms with Gasteiger partial charge in [-0.2, -0.15) is 5.10 Å². The topological polar surface area (TPSA) is 106 Å². The van der Waals surface area contributed by atoms with Crippen LogP contribution in [0.3, 0.4) is 0 Å². The molecular weight excluding hydrogens is 516 g/mol. The highest BCUT2D eigenvalue weighted by Gasteiger charge is 2.34. The third kappa shape index (κ3) is 6.68. The van der Waals surface area contributed by atoms with Gasteiger partial charge in [0.2, 0.25) is 0 Å². The molecule has 1 aliphatic carbocycles. The van der Waals surface area contributed by atoms with Crippen LogP contribution in [0, 0.1) is 11.6 Å². The molecule has 8 nitrogen and oxygen atoms in total. The number of para-hydroxylation sites is 1. The molecule has 3 aromatic rings. The van der Waals surface area contributed by atoms with Gasteiger partial charge in [0.1, 0.15) is 5.02 Å². The number of primary amides is 1. The molecule has 1 saturated carbocycles. The smallest absolute Gasteiger partial charge is 0.317 e. The van der Waals surface area contributed by atoms with E-state index in [1.807, 2.05) is 30.3 Å². The molecule has 11 heteroatoms. The van der Waals surface area contributed by atoms with Gasteiger partial charge in [0, 0.05) is 26.1 Å². The van der Waals surface area contributed by atoms with Crippen LogP contribution in [0.4, 0.5) is 19.4 Å². The van der Waals surface area contributed by atoms with Crippen molar-refractivity contribution in [1.82, 2.24) is 14.7 Å². The van der Waals surface area contributed by atoms with Gasteiger partial charge >= 0.3 is 6.03 Å². The monoisotopic (exact) mass is 547 g/mol. The summed E-state index contributed by atoms with van der Waals surface area (Å²) >= 11 is 6.34. The summed E-state index contributed by atoms with van der Waals surface area (Å²) in [6.45, 7) is 3.50. The van der Waals surface area contributed by atoms with Gasteiger partial charge in [-0.15, -0.1) is 0 Å². The number of anilines is 1. The molecule has 1 atom stereocenters. The number of amides is 2. The van der Waals surface area contributed by atoms with Crippen molar-refractivity contribution in [2.75, 3.05) is 38.7 Å². The number of carbonyl (C=O) groups excluding carboxylic acids is 1. The number of hydrogen-bond acceptors (Lipinski definition) is 5. The van der Waals surface area contributed by atoms with Gasteiger partial charge in [0.25, 0.3) is 0 Å². The fourth-order valence-electron chi connectivity index (χ4n) is 4.76. The second-order valence-corrected chi connectivity index (χ2v) is 9.94. The molecule has 5 rings (SSSR count). The minimum atomic E-state index is -0.775. The van der Waals surface area contributed by atoms with Gasteiger partial charge < -0.3 is 20.5 Å². The summed E-state index contributed by atoms with van der Waals surface area (Å²) in [4.78, 5) is 13.5. The summed E-state index contributed by atoms with van der Waals surface area (Å²) in [6.07, 6.45) is 1.94. The summed E-state index contributed by atoms with van der Waals surface area (Å²) in [5.41, 5.74) is 7.54. The fourth-order valence-corrected chi connectivity index (χ4v) is 5.08. The summed E-state index contributed by atoms with van der Waals surface area (Å²) in [7, 11) is 1.68. The van der Waals surface area contributed by atoms with Crippen LogP contribution in [0.1, 0.15) is 42.4 Å². The number of aliphatic hydroxyl groups excluding tert-OH is 1. The second kappa shape index (κ2) is 12.7. The number of aromatic nitrogens is 2. The summed E-state index contributed by atoms with van der Waals surface area (Å²) in [5, 5.41) is 16.8. The number of nitrogens with two attached hydrogens (primary N) is 1. The SMILES string of the molecule is COCCN1CCC(c2ccc(F)c(F)c2)C1.NC(=O)Nc1c(Cl)c(C2CC(O)C2)nn1-c1ccccc1. The molecule has 1 aromatic heterocycles. The fraction of sp³-hybridized carbons (Fsp3) is 0.407. The van der Waals surface area contributed by atoms with Gasteiger partial charge in [0.05, 0.1) is 24.1 Å². The maximum Gasteiger partial charge on any atom is 0.317 e. The van der Waals surface area contributed by atoms with Crippen LogP contribution in [0.15, 0.2) is 48.5 Å². The van der Waals surface area contributed by atoms with Crippen molar-refractivity contribution >= 4 is 23.4 Å². The lowest BCUT2D eigenvalue weighted by Crippen LogP contribution is -2.27. The maximum atomic E-state index is 13.1. The third-order valence-electron chi connectivity index (χ3n) is 6.89. The summed E-state index contributed by atoms with van der Waals surface area (Å²) < 4.78 is 32.5. The van der Waals surface area contributed by atoms with Crippen LogP contribution >= 0.6 is 11.6 Å². The van der Waals surface area contributed by atoms with Crippen LogP contribution in [0.5, 0.6) is 0 Å². The lowest BCUT2D eigenvalue weighted by Gasteiger charge is -2.29. The number of hydrogen-bond donors (Lipinski definition) is 3. The largest absolute Gasteiger partial charge is 0.393 e. The Labute approximate surface area is 225 Å². The van der Waals surface area contributed by atoms with Gasteiger partial charge in [-0.05, 0) is 61.6 Å². The number of carbonyl (C=O) groups is 1. The second-order valence-electron chi connectivity index (χ2n) is 9.56. The predicted molar refractivity (Wildman–Crippen MR) is 142 cm³/mol. The molecule has 0 bridgehead atoms. The number of likely N-dealkylation sites (tertiary alicyclic amines) is 1. The van der Waals surface area contributed by atoms with E-state index in [0.717, 1.165) is 37.3 Å². The average Bonchev–Trinajstić information content (AvgIpc) is 3.48. The Morgan fingerprint density at radius 2 is 1.92 bits per heavy atom. The minimum absolute atomic E-state index is 0.103. The van der Waals surface area contributed by atoms with E-state index in [1.54, 1.807) is 17.9 Å². The first-order valence-electron chi connectivity index (χ1n) is 12.5. The Balaban J connectivity index is 0.000000181. The number of methoxy groups -OCH3 is 1. The van der Waals surface area contributed by atoms with Crippen LogP contribution in [0.2, 0.25) is 5.02 Å². The first-order valence-corrected chi connectivity index (χ1v) is 12.9. The van der Waals surface area contributed by atoms with Crippen molar-refractivity contribution < 1.29 is 23.4 Å². The first kappa shape index (κ1) is 28.0. The molecule has 1 saturated heterocycles. The molecule has 2 aliphatic rings. The van der Waals surface area contributed by atoms with Crippen LogP contribution < -0.4 is 11.1 Å². The molecule has 2 heterocycles. The number of aliphatic hydroxyl groups is 1. The zero-order valence-corrected chi connectivity index (χ0v) is 21.9. The van der Waals surface area contributed by atoms with Gasteiger partial charge in [-0.3, -0.25) is 5.32 Å². The molecule has 2 amide bonds. The quantitative estimate of drug-likeness (QED) is 0.399. The lowest BCUT2D eigenvalue weighted by atomic mass is 9.80. The highest BCUT2D eigenvalue weighted by atomic mass is 35.5. The number of halogens is 3. The Hall–Kier alpha value is -3.05. The van der Waals surface area contributed by atoms with E-state index in [-0.39, 0.29) is 12.0 Å². The van der Waals surface area contributed by atoms with E-state index in [9.17, 15) is 18.7 Å². The van der Waals surface area contributed by atoms with E-state index < -0.39 is 17.7 Å². The molecule has 0 spiro atoms. The number of nitrogens with zero attached hydrogens (tertiary/aromatic N) is 3. The van der Waals surface area contributed by atoms with E-state index in [1.165, 1.54) is 12.1 Å². The maximum absolute atomic E-state index is 13.1. The first-order chi connectivity index (χ1) is 18.3. The number of ether oxygens (including phenoxy) is 1. The minimum Gasteiger partial charge on any atom is -0.393 e. The van der Waals surface area contributed by atoms with Crippen molar-refractivity contribution in [3.05, 3.63) is 76.4 Å². The molecule has 204 valence electrons. The average molecular weight is 548 g/mol. The molecular formula is C27H32ClF2N5O3. The zero-order valence-electron chi connectivity index (χ0n) is 21.1. The molecule has 1 aliphatic heterocycles. The van der Waals surface area contributed by atoms with E-state index in [2.05, 4.69) is 15.3 Å². The van der Waals surface area contributed by atoms with Crippen molar-refractivity contribution in [2.45, 2.75) is 37.2 Å². The molecule has 2 fully saturated rings. The van der Waals surface area contributed by atoms with Crippen LogP contribution in [-0.4, -0.2) is 65.3 Å². The number of urea groups is 1. The Bertz CT molecular complexity index is 1240. The van der Waals surface area contributed by atoms with Crippen molar-refractivity contribution in [2.24, 2.45) is 5.73 Å². The predicted octanol–water partition coefficient (Wildman–Crippen LogP) is 4.66. The molecule has 0 radical (unpaired) electrons. The van der Waals surface area contributed by atoms with Crippen molar-refractivity contribution in [3.63, 3.8) is 0 Å². The highest BCUT2D eigenvalue weighted by molar-refractivity contribution is 6.34. The molecule has 1 unspecified atom stereocenters. The van der Waals surface area contributed by atoms with E-state index in [4.69, 9.17) is 22.1 Å². The van der Waals surface area contributed by atoms with Gasteiger partial charge in [-0.25, -0.2) is 18.3 Å². The highest BCUT2D eigenvalue weighted by Crippen LogP contribution is 2.42. The Morgan fingerprint density at radius 1 is 1.18 bits per heavy atom. The van der Waals surface area contributed by atoms with E-state index >= 15 is 0 Å². The third-order valence-corrected chi connectivity index (χ3v) is 7.27. The molecule has 4 N–H and O–H groups in total. The number of benzene rings is 2. The van der Waals surface area contributed by atoms with Crippen LogP contribution in [-0.2, 0) is 4.74 Å². The van der Waals surface area contributed by atoms with Gasteiger partial charge in [-0.1, -0.05) is 35.9 Å². The summed E-state index contributed by atoms with van der Waals surface area (Å²) in [5.74, 6) is -0.763. The Morgan fingerprint density at radius 3 is 2.55 bits per heavy atom. The standard InChI is InChI=1S/C14H15ClN4O2.C13H17F2NO/c15-11-12(8-6-10(20)7-8)18-19(13(11)17-14(16)21)9-4-2-1-3-5-9;1-17-7-6-16-5-4-11(9-16)10-2-3-12(14)13(15)8-10/h1-5,8,10,20H,6-7H2,(H3,16,17,21);2-3,8,11H,4-7,9H2,1H3. The molecule has 2 aromatic carbocycles. The van der Waals surface area contributed by atoms with Crippen molar-refractivity contribution in [1.29, 1.82) is 0 Å². The zero-order chi connectivity index (χ0) is 27.2. The van der Waals surface area contributed by atoms with Crippen molar-refractivity contribution in [3.8, 4) is 5.69 Å². The number of nitrogens with one attached hydrogen (secondary N) is 1. The lowest BCUT2D eigenvalue weighted by molar-refractivity contribution is 0.0731. The summed E-state index contributed by atoms with van der Waals surface area (Å²) in [6, 6.07) is 12.8. The normalized spacial score (nSPS) is 20.9. The van der Waals surface area contributed by atoms with E-state index in [0.29, 0.717) is 41.9 Å².